The third-order valence-electron chi connectivity index (χ3n) is 4.63. The van der Waals surface area contributed by atoms with Crippen LogP contribution < -0.4 is 10.0 Å². The summed E-state index contributed by atoms with van der Waals surface area (Å²) in [6.45, 7) is 6.22. The second kappa shape index (κ2) is 7.94. The fourth-order valence-corrected chi connectivity index (χ4v) is 3.25. The largest absolute Gasteiger partial charge is 0.867 e. The zero-order valence-electron chi connectivity index (χ0n) is 15.1. The Kier molecular flexibility index (Phi) is 5.62. The molecule has 142 valence electrons. The average molecular weight is 389 g/mol. The molecule has 0 radical (unpaired) electrons. The molecule has 0 amide bonds. The van der Waals surface area contributed by atoms with Crippen LogP contribution in [-0.4, -0.2) is 37.4 Å². The van der Waals surface area contributed by atoms with Gasteiger partial charge in [-0.25, -0.2) is 0 Å². The topological polar surface area (TPSA) is 91.0 Å². The van der Waals surface area contributed by atoms with Crippen molar-refractivity contribution < 1.29 is 14.8 Å². The molecule has 1 saturated heterocycles. The number of nitrogens with zero attached hydrogens (tertiary/aromatic N) is 3. The predicted molar refractivity (Wildman–Crippen MR) is 104 cm³/mol. The standard InChI is InChI=1S/C19H20ClN3O4/c1-12-16(19(24)18(23(25)26)13(2)17(12)20)11-21-14-3-5-15(6-4-14)22-7-9-27-10-8-22/h3-6,11,24H,7-10H2,1-2H3/p-1. The van der Waals surface area contributed by atoms with Crippen LogP contribution in [0, 0.1) is 24.0 Å². The normalized spacial score (nSPS) is 14.7. The molecule has 0 atom stereocenters. The molecule has 0 spiro atoms. The lowest BCUT2D eigenvalue weighted by atomic mass is 10.0. The molecule has 27 heavy (non-hydrogen) atoms. The number of rotatable bonds is 4. The summed E-state index contributed by atoms with van der Waals surface area (Å²) >= 11 is 6.17. The van der Waals surface area contributed by atoms with Crippen LogP contribution in [0.25, 0.3) is 0 Å². The number of morpholine rings is 1. The van der Waals surface area contributed by atoms with Gasteiger partial charge in [0.2, 0.25) is 0 Å². The summed E-state index contributed by atoms with van der Waals surface area (Å²) in [6, 6.07) is 7.58. The molecule has 0 aliphatic carbocycles. The number of aliphatic imine (C=N–C) groups is 1. The van der Waals surface area contributed by atoms with Crippen LogP contribution >= 0.6 is 11.6 Å². The maximum atomic E-state index is 12.5. The van der Waals surface area contributed by atoms with Crippen molar-refractivity contribution in [2.24, 2.45) is 4.99 Å². The molecule has 1 fully saturated rings. The van der Waals surface area contributed by atoms with Gasteiger partial charge in [0.1, 0.15) is 0 Å². The van der Waals surface area contributed by atoms with Gasteiger partial charge in [0, 0.05) is 30.6 Å². The van der Waals surface area contributed by atoms with Crippen molar-refractivity contribution in [1.82, 2.24) is 0 Å². The molecule has 1 heterocycles. The molecule has 0 saturated carbocycles. The number of hydrogen-bond donors (Lipinski definition) is 0. The Morgan fingerprint density at radius 2 is 1.81 bits per heavy atom. The van der Waals surface area contributed by atoms with E-state index in [-0.39, 0.29) is 16.1 Å². The maximum Gasteiger partial charge on any atom is 0.266 e. The van der Waals surface area contributed by atoms with Gasteiger partial charge in [-0.15, -0.1) is 0 Å². The van der Waals surface area contributed by atoms with Crippen molar-refractivity contribution in [3.05, 3.63) is 56.1 Å². The van der Waals surface area contributed by atoms with E-state index >= 15 is 0 Å². The fourth-order valence-electron chi connectivity index (χ4n) is 3.06. The van der Waals surface area contributed by atoms with Crippen molar-refractivity contribution in [1.29, 1.82) is 0 Å². The van der Waals surface area contributed by atoms with Gasteiger partial charge in [-0.1, -0.05) is 11.6 Å². The third-order valence-corrected chi connectivity index (χ3v) is 5.20. The van der Waals surface area contributed by atoms with E-state index in [1.54, 1.807) is 6.92 Å². The van der Waals surface area contributed by atoms with E-state index in [0.29, 0.717) is 24.5 Å². The molecule has 1 aliphatic rings. The second-order valence-corrected chi connectivity index (χ2v) is 6.66. The number of nitro benzene ring substituents is 1. The van der Waals surface area contributed by atoms with Crippen molar-refractivity contribution in [2.45, 2.75) is 13.8 Å². The SMILES string of the molecule is Cc1c(Cl)c(C)c([N+](=O)[O-])c([O-])c1C=Nc1ccc(N2CCOCC2)cc1. The summed E-state index contributed by atoms with van der Waals surface area (Å²) in [5.74, 6) is -0.673. The van der Waals surface area contributed by atoms with Gasteiger partial charge >= 0.3 is 0 Å². The maximum absolute atomic E-state index is 12.5. The van der Waals surface area contributed by atoms with Crippen molar-refractivity contribution >= 4 is 34.9 Å². The Balaban J connectivity index is 1.88. The first-order valence-corrected chi connectivity index (χ1v) is 8.89. The minimum atomic E-state index is -0.697. The summed E-state index contributed by atoms with van der Waals surface area (Å²) in [5.41, 5.74) is 2.01. The summed E-state index contributed by atoms with van der Waals surface area (Å²) in [4.78, 5) is 17.0. The van der Waals surface area contributed by atoms with Crippen LogP contribution in [0.4, 0.5) is 17.1 Å². The number of hydrogen-bond acceptors (Lipinski definition) is 6. The number of anilines is 1. The van der Waals surface area contributed by atoms with Gasteiger partial charge in [0.15, 0.2) is 0 Å². The Labute approximate surface area is 162 Å². The number of nitro groups is 1. The van der Waals surface area contributed by atoms with Crippen LogP contribution in [-0.2, 0) is 4.74 Å². The molecule has 0 N–H and O–H groups in total. The third kappa shape index (κ3) is 3.89. The number of halogens is 1. The number of benzene rings is 2. The van der Waals surface area contributed by atoms with E-state index < -0.39 is 16.4 Å². The molecular formula is C19H19ClN3O4-. The van der Waals surface area contributed by atoms with Crippen LogP contribution in [0.15, 0.2) is 29.3 Å². The summed E-state index contributed by atoms with van der Waals surface area (Å²) < 4.78 is 5.35. The summed E-state index contributed by atoms with van der Waals surface area (Å²) in [6.07, 6.45) is 1.35. The minimum Gasteiger partial charge on any atom is -0.867 e. The van der Waals surface area contributed by atoms with E-state index in [4.69, 9.17) is 16.3 Å². The van der Waals surface area contributed by atoms with Crippen LogP contribution in [0.1, 0.15) is 16.7 Å². The zero-order valence-corrected chi connectivity index (χ0v) is 15.8. The van der Waals surface area contributed by atoms with Crippen molar-refractivity contribution in [2.75, 3.05) is 31.2 Å². The highest BCUT2D eigenvalue weighted by molar-refractivity contribution is 6.33. The minimum absolute atomic E-state index is 0.134. The first-order chi connectivity index (χ1) is 12.9. The molecule has 2 aromatic carbocycles. The first-order valence-electron chi connectivity index (χ1n) is 8.51. The molecule has 7 nitrogen and oxygen atoms in total. The van der Waals surface area contributed by atoms with Crippen LogP contribution in [0.5, 0.6) is 5.75 Å². The molecular weight excluding hydrogens is 370 g/mol. The molecule has 2 aromatic rings. The molecule has 3 rings (SSSR count). The van der Waals surface area contributed by atoms with Gasteiger partial charge in [-0.2, -0.15) is 0 Å². The highest BCUT2D eigenvalue weighted by Gasteiger charge is 2.20. The Morgan fingerprint density at radius 3 is 2.41 bits per heavy atom. The highest BCUT2D eigenvalue weighted by atomic mass is 35.5. The van der Waals surface area contributed by atoms with E-state index in [0.717, 1.165) is 18.8 Å². The van der Waals surface area contributed by atoms with E-state index in [1.807, 2.05) is 24.3 Å². The smallest absolute Gasteiger partial charge is 0.266 e. The fraction of sp³-hybridized carbons (Fsp3) is 0.316. The van der Waals surface area contributed by atoms with Gasteiger partial charge in [-0.05, 0) is 55.0 Å². The van der Waals surface area contributed by atoms with Crippen molar-refractivity contribution in [3.63, 3.8) is 0 Å². The van der Waals surface area contributed by atoms with Crippen LogP contribution in [0.2, 0.25) is 5.02 Å². The number of ether oxygens (including phenoxy) is 1. The average Bonchev–Trinajstić information content (AvgIpc) is 2.67. The zero-order chi connectivity index (χ0) is 19.6. The van der Waals surface area contributed by atoms with Crippen LogP contribution in [0.3, 0.4) is 0 Å². The molecule has 8 heteroatoms. The van der Waals surface area contributed by atoms with E-state index in [2.05, 4.69) is 9.89 Å². The molecule has 1 aliphatic heterocycles. The lowest BCUT2D eigenvalue weighted by molar-refractivity contribution is -0.398. The first kappa shape index (κ1) is 19.1. The molecule has 0 bridgehead atoms. The second-order valence-electron chi connectivity index (χ2n) is 6.29. The quantitative estimate of drug-likeness (QED) is 0.454. The summed E-state index contributed by atoms with van der Waals surface area (Å²) in [7, 11) is 0. The van der Waals surface area contributed by atoms with Gasteiger partial charge in [0.25, 0.3) is 5.69 Å². The monoisotopic (exact) mass is 388 g/mol. The van der Waals surface area contributed by atoms with Gasteiger partial charge in [0.05, 0.1) is 28.8 Å². The van der Waals surface area contributed by atoms with Gasteiger partial charge in [-0.3, -0.25) is 15.1 Å². The van der Waals surface area contributed by atoms with E-state index in [9.17, 15) is 15.2 Å². The molecule has 0 aromatic heterocycles. The Hall–Kier alpha value is -2.64. The Bertz CT molecular complexity index is 891. The predicted octanol–water partition coefficient (Wildman–Crippen LogP) is 3.53. The lowest BCUT2D eigenvalue weighted by Gasteiger charge is -2.28. The lowest BCUT2D eigenvalue weighted by Crippen LogP contribution is -2.36. The Morgan fingerprint density at radius 1 is 1.19 bits per heavy atom. The van der Waals surface area contributed by atoms with Gasteiger partial charge < -0.3 is 14.7 Å². The highest BCUT2D eigenvalue weighted by Crippen LogP contribution is 2.38. The summed E-state index contributed by atoms with van der Waals surface area (Å²) in [5, 5.41) is 23.9. The molecule has 0 unspecified atom stereocenters. The van der Waals surface area contributed by atoms with Crippen molar-refractivity contribution in [3.8, 4) is 5.75 Å². The van der Waals surface area contributed by atoms with E-state index in [1.165, 1.54) is 13.1 Å².